The third-order valence-electron chi connectivity index (χ3n) is 4.04. The zero-order valence-corrected chi connectivity index (χ0v) is 15.4. The molecule has 0 spiro atoms. The van der Waals surface area contributed by atoms with Gasteiger partial charge in [-0.05, 0) is 62.4 Å². The smallest absolute Gasteiger partial charge is 0.274 e. The van der Waals surface area contributed by atoms with E-state index < -0.39 is 0 Å². The molecule has 0 fully saturated rings. The molecule has 0 aliphatic heterocycles. The third kappa shape index (κ3) is 4.82. The first kappa shape index (κ1) is 18.4. The zero-order chi connectivity index (χ0) is 19.1. The van der Waals surface area contributed by atoms with Crippen LogP contribution in [0.4, 0.5) is 11.5 Å². The Morgan fingerprint density at radius 1 is 0.889 bits per heavy atom. The molecule has 1 N–H and O–H groups in total. The molecule has 0 saturated carbocycles. The van der Waals surface area contributed by atoms with Gasteiger partial charge in [-0.3, -0.25) is 4.79 Å². The van der Waals surface area contributed by atoms with E-state index in [4.69, 9.17) is 4.74 Å². The highest BCUT2D eigenvalue weighted by molar-refractivity contribution is 5.92. The van der Waals surface area contributed by atoms with Gasteiger partial charge in [0.15, 0.2) is 11.5 Å². The molecule has 0 radical (unpaired) electrons. The van der Waals surface area contributed by atoms with E-state index in [-0.39, 0.29) is 5.91 Å². The van der Waals surface area contributed by atoms with E-state index in [2.05, 4.69) is 15.5 Å². The molecule has 3 aromatic rings. The van der Waals surface area contributed by atoms with Crippen LogP contribution in [0.1, 0.15) is 24.3 Å². The topological polar surface area (TPSA) is 67.4 Å². The lowest BCUT2D eigenvalue weighted by Crippen LogP contribution is -2.31. The molecule has 0 unspecified atom stereocenters. The monoisotopic (exact) mass is 362 g/mol. The van der Waals surface area contributed by atoms with Crippen molar-refractivity contribution < 1.29 is 9.53 Å². The van der Waals surface area contributed by atoms with Gasteiger partial charge in [-0.1, -0.05) is 18.2 Å². The Bertz CT molecular complexity index is 861. The highest BCUT2D eigenvalue weighted by atomic mass is 16.5. The number of anilines is 2. The fourth-order valence-corrected chi connectivity index (χ4v) is 2.56. The summed E-state index contributed by atoms with van der Waals surface area (Å²) >= 11 is 0. The van der Waals surface area contributed by atoms with Crippen molar-refractivity contribution in [1.29, 1.82) is 0 Å². The highest BCUT2D eigenvalue weighted by Gasteiger charge is 2.14. The van der Waals surface area contributed by atoms with Crippen LogP contribution < -0.4 is 10.1 Å². The SMILES string of the molecule is CCN(CC)C(=O)c1ccc(Nc2ccc(Oc3ccccc3)cc2)nn1. The van der Waals surface area contributed by atoms with Crippen molar-refractivity contribution in [3.05, 3.63) is 72.4 Å². The summed E-state index contributed by atoms with van der Waals surface area (Å²) in [6, 6.07) is 20.6. The fraction of sp³-hybridized carbons (Fsp3) is 0.190. The van der Waals surface area contributed by atoms with Crippen molar-refractivity contribution >= 4 is 17.4 Å². The summed E-state index contributed by atoms with van der Waals surface area (Å²) in [5, 5.41) is 11.3. The van der Waals surface area contributed by atoms with Gasteiger partial charge in [-0.2, -0.15) is 0 Å². The highest BCUT2D eigenvalue weighted by Crippen LogP contribution is 2.23. The van der Waals surface area contributed by atoms with E-state index in [1.807, 2.05) is 68.4 Å². The molecule has 1 aromatic heterocycles. The second-order valence-electron chi connectivity index (χ2n) is 5.85. The molecule has 1 heterocycles. The van der Waals surface area contributed by atoms with E-state index in [1.165, 1.54) is 0 Å². The largest absolute Gasteiger partial charge is 0.457 e. The minimum Gasteiger partial charge on any atom is -0.457 e. The average molecular weight is 362 g/mol. The minimum atomic E-state index is -0.110. The maximum Gasteiger partial charge on any atom is 0.274 e. The molecule has 0 atom stereocenters. The Kier molecular flexibility index (Phi) is 5.99. The lowest BCUT2D eigenvalue weighted by molar-refractivity contribution is 0.0766. The van der Waals surface area contributed by atoms with Crippen molar-refractivity contribution in [2.75, 3.05) is 18.4 Å². The zero-order valence-electron chi connectivity index (χ0n) is 15.4. The summed E-state index contributed by atoms with van der Waals surface area (Å²) < 4.78 is 5.77. The van der Waals surface area contributed by atoms with Gasteiger partial charge < -0.3 is 15.0 Å². The fourth-order valence-electron chi connectivity index (χ4n) is 2.56. The standard InChI is InChI=1S/C21H22N4O2/c1-3-25(4-2)21(26)19-14-15-20(24-23-19)22-16-10-12-18(13-11-16)27-17-8-6-5-7-9-17/h5-15H,3-4H2,1-2H3,(H,22,24). The molecule has 138 valence electrons. The van der Waals surface area contributed by atoms with Crippen LogP contribution in [0.3, 0.4) is 0 Å². The number of hydrogen-bond acceptors (Lipinski definition) is 5. The maximum atomic E-state index is 12.3. The Balaban J connectivity index is 1.62. The number of para-hydroxylation sites is 1. The van der Waals surface area contributed by atoms with E-state index in [0.717, 1.165) is 17.2 Å². The first-order chi connectivity index (χ1) is 13.2. The molecule has 27 heavy (non-hydrogen) atoms. The van der Waals surface area contributed by atoms with E-state index >= 15 is 0 Å². The predicted octanol–water partition coefficient (Wildman–Crippen LogP) is 4.49. The molecule has 6 heteroatoms. The lowest BCUT2D eigenvalue weighted by Gasteiger charge is -2.17. The molecular weight excluding hydrogens is 340 g/mol. The van der Waals surface area contributed by atoms with Gasteiger partial charge in [0.2, 0.25) is 0 Å². The van der Waals surface area contributed by atoms with Crippen molar-refractivity contribution in [3.8, 4) is 11.5 Å². The average Bonchev–Trinajstić information content (AvgIpc) is 2.72. The van der Waals surface area contributed by atoms with Crippen molar-refractivity contribution in [1.82, 2.24) is 15.1 Å². The van der Waals surface area contributed by atoms with Crippen LogP contribution in [0.25, 0.3) is 0 Å². The number of ether oxygens (including phenoxy) is 1. The minimum absolute atomic E-state index is 0.110. The molecule has 2 aromatic carbocycles. The van der Waals surface area contributed by atoms with Gasteiger partial charge in [0.25, 0.3) is 5.91 Å². The van der Waals surface area contributed by atoms with Gasteiger partial charge in [0.05, 0.1) is 0 Å². The Hall–Kier alpha value is -3.41. The molecule has 6 nitrogen and oxygen atoms in total. The Morgan fingerprint density at radius 3 is 2.15 bits per heavy atom. The predicted molar refractivity (Wildman–Crippen MR) is 106 cm³/mol. The van der Waals surface area contributed by atoms with Crippen LogP contribution >= 0.6 is 0 Å². The molecule has 0 aliphatic carbocycles. The first-order valence-electron chi connectivity index (χ1n) is 8.92. The van der Waals surface area contributed by atoms with E-state index in [0.29, 0.717) is 24.6 Å². The van der Waals surface area contributed by atoms with Crippen LogP contribution in [0.2, 0.25) is 0 Å². The summed E-state index contributed by atoms with van der Waals surface area (Å²) in [5.41, 5.74) is 1.20. The van der Waals surface area contributed by atoms with E-state index in [1.54, 1.807) is 17.0 Å². The van der Waals surface area contributed by atoms with Crippen molar-refractivity contribution in [2.24, 2.45) is 0 Å². The van der Waals surface area contributed by atoms with Crippen LogP contribution in [0, 0.1) is 0 Å². The number of benzene rings is 2. The third-order valence-corrected chi connectivity index (χ3v) is 4.04. The number of hydrogen-bond donors (Lipinski definition) is 1. The van der Waals surface area contributed by atoms with Gasteiger partial charge in [0, 0.05) is 18.8 Å². The molecule has 0 bridgehead atoms. The Labute approximate surface area is 158 Å². The first-order valence-corrected chi connectivity index (χ1v) is 8.92. The van der Waals surface area contributed by atoms with Crippen LogP contribution in [-0.4, -0.2) is 34.1 Å². The van der Waals surface area contributed by atoms with Crippen molar-refractivity contribution in [3.63, 3.8) is 0 Å². The van der Waals surface area contributed by atoms with Crippen molar-refractivity contribution in [2.45, 2.75) is 13.8 Å². The summed E-state index contributed by atoms with van der Waals surface area (Å²) in [7, 11) is 0. The van der Waals surface area contributed by atoms with Gasteiger partial charge >= 0.3 is 0 Å². The lowest BCUT2D eigenvalue weighted by atomic mass is 10.3. The quantitative estimate of drug-likeness (QED) is 0.670. The summed E-state index contributed by atoms with van der Waals surface area (Å²) in [6.07, 6.45) is 0. The number of nitrogens with one attached hydrogen (secondary N) is 1. The number of aromatic nitrogens is 2. The molecule has 0 aliphatic rings. The maximum absolute atomic E-state index is 12.3. The van der Waals surface area contributed by atoms with Crippen LogP contribution in [-0.2, 0) is 0 Å². The van der Waals surface area contributed by atoms with Gasteiger partial charge in [-0.15, -0.1) is 10.2 Å². The summed E-state index contributed by atoms with van der Waals surface area (Å²) in [6.45, 7) is 5.18. The van der Waals surface area contributed by atoms with Crippen LogP contribution in [0.15, 0.2) is 66.7 Å². The van der Waals surface area contributed by atoms with Gasteiger partial charge in [0.1, 0.15) is 11.5 Å². The number of carbonyl (C=O) groups is 1. The second-order valence-corrected chi connectivity index (χ2v) is 5.85. The van der Waals surface area contributed by atoms with Gasteiger partial charge in [-0.25, -0.2) is 0 Å². The molecule has 1 amide bonds. The normalized spacial score (nSPS) is 10.3. The Morgan fingerprint density at radius 2 is 1.56 bits per heavy atom. The molecular formula is C21H22N4O2. The second kappa shape index (κ2) is 8.80. The van der Waals surface area contributed by atoms with Crippen LogP contribution in [0.5, 0.6) is 11.5 Å². The number of amides is 1. The number of carbonyl (C=O) groups excluding carboxylic acids is 1. The van der Waals surface area contributed by atoms with E-state index in [9.17, 15) is 4.79 Å². The summed E-state index contributed by atoms with van der Waals surface area (Å²) in [5.74, 6) is 2.00. The number of rotatable bonds is 7. The molecule has 3 rings (SSSR count). The molecule has 0 saturated heterocycles. The number of nitrogens with zero attached hydrogens (tertiary/aromatic N) is 3. The summed E-state index contributed by atoms with van der Waals surface area (Å²) in [4.78, 5) is 14.0.